The topological polar surface area (TPSA) is 57.0 Å². The Morgan fingerprint density at radius 2 is 1.79 bits per heavy atom. The van der Waals surface area contributed by atoms with E-state index >= 15 is 0 Å². The Hall–Kier alpha value is -2.36. The van der Waals surface area contributed by atoms with Crippen molar-refractivity contribution in [2.45, 2.75) is 37.5 Å². The quantitative estimate of drug-likeness (QED) is 0.792. The maximum Gasteiger partial charge on any atom is 0.434 e. The van der Waals surface area contributed by atoms with Crippen molar-refractivity contribution >= 4 is 17.4 Å². The molecule has 4 heterocycles. The summed E-state index contributed by atoms with van der Waals surface area (Å²) in [5.74, 6) is 0.689. The van der Waals surface area contributed by atoms with Crippen molar-refractivity contribution in [2.24, 2.45) is 0 Å². The van der Waals surface area contributed by atoms with E-state index in [4.69, 9.17) is 0 Å². The van der Waals surface area contributed by atoms with Crippen LogP contribution in [-0.4, -0.2) is 74.9 Å². The van der Waals surface area contributed by atoms with Crippen LogP contribution in [0.3, 0.4) is 0 Å². The Morgan fingerprint density at radius 1 is 1.04 bits per heavy atom. The highest BCUT2D eigenvalue weighted by Gasteiger charge is 2.43. The number of hydrogen-bond acceptors (Lipinski definition) is 5. The van der Waals surface area contributed by atoms with E-state index in [0.717, 1.165) is 32.0 Å². The van der Waals surface area contributed by atoms with Crippen molar-refractivity contribution in [1.82, 2.24) is 24.2 Å². The van der Waals surface area contributed by atoms with Crippen LogP contribution in [0.5, 0.6) is 0 Å². The maximum atomic E-state index is 13.0. The van der Waals surface area contributed by atoms with Crippen LogP contribution >= 0.6 is 0 Å². The first-order valence-electron chi connectivity index (χ1n) is 9.62. The molecule has 28 heavy (non-hydrogen) atoms. The minimum absolute atomic E-state index is 0.0604. The third-order valence-electron chi connectivity index (χ3n) is 5.90. The highest BCUT2D eigenvalue weighted by atomic mass is 19.4. The van der Waals surface area contributed by atoms with Crippen LogP contribution in [-0.2, 0) is 11.0 Å². The summed E-state index contributed by atoms with van der Waals surface area (Å²) in [6.45, 7) is 3.42. The van der Waals surface area contributed by atoms with Gasteiger partial charge in [-0.05, 0) is 19.3 Å². The van der Waals surface area contributed by atoms with Gasteiger partial charge in [-0.3, -0.25) is 9.69 Å². The van der Waals surface area contributed by atoms with Gasteiger partial charge in [0.2, 0.25) is 5.91 Å². The van der Waals surface area contributed by atoms with Crippen LogP contribution in [0.25, 0.3) is 5.65 Å². The van der Waals surface area contributed by atoms with Crippen molar-refractivity contribution in [1.29, 1.82) is 0 Å². The van der Waals surface area contributed by atoms with Gasteiger partial charge in [-0.15, -0.1) is 0 Å². The fourth-order valence-corrected chi connectivity index (χ4v) is 4.29. The number of carbonyl (C=O) groups excluding carboxylic acids is 1. The van der Waals surface area contributed by atoms with Crippen molar-refractivity contribution in [3.63, 3.8) is 0 Å². The van der Waals surface area contributed by atoms with E-state index in [-0.39, 0.29) is 17.6 Å². The van der Waals surface area contributed by atoms with Gasteiger partial charge in [0.1, 0.15) is 0 Å². The number of piperazine rings is 1. The van der Waals surface area contributed by atoms with Gasteiger partial charge in [0.15, 0.2) is 17.2 Å². The largest absolute Gasteiger partial charge is 0.434 e. The Bertz CT molecular complexity index is 900. The molecule has 1 atom stereocenters. The molecule has 0 N–H and O–H groups in total. The zero-order chi connectivity index (χ0) is 19.5. The third-order valence-corrected chi connectivity index (χ3v) is 5.90. The Morgan fingerprint density at radius 3 is 2.46 bits per heavy atom. The number of halogens is 3. The van der Waals surface area contributed by atoms with Crippen LogP contribution in [0.15, 0.2) is 18.6 Å². The Labute approximate surface area is 159 Å². The summed E-state index contributed by atoms with van der Waals surface area (Å²) in [4.78, 5) is 26.9. The second kappa shape index (κ2) is 6.33. The summed E-state index contributed by atoms with van der Waals surface area (Å²) in [5, 5.41) is 0. The van der Waals surface area contributed by atoms with Crippen LogP contribution in [0.4, 0.5) is 19.0 Å². The molecule has 7 nitrogen and oxygen atoms in total. The maximum absolute atomic E-state index is 13.0. The van der Waals surface area contributed by atoms with E-state index < -0.39 is 11.9 Å². The predicted molar refractivity (Wildman–Crippen MR) is 94.9 cm³/mol. The van der Waals surface area contributed by atoms with Gasteiger partial charge in [-0.25, -0.2) is 9.97 Å². The van der Waals surface area contributed by atoms with Gasteiger partial charge >= 0.3 is 6.18 Å². The summed E-state index contributed by atoms with van der Waals surface area (Å²) >= 11 is 0. The van der Waals surface area contributed by atoms with E-state index in [1.165, 1.54) is 16.8 Å². The monoisotopic (exact) mass is 394 g/mol. The van der Waals surface area contributed by atoms with E-state index in [9.17, 15) is 18.0 Å². The minimum atomic E-state index is -4.49. The van der Waals surface area contributed by atoms with E-state index in [0.29, 0.717) is 38.0 Å². The molecule has 2 aromatic rings. The highest BCUT2D eigenvalue weighted by molar-refractivity contribution is 5.84. The molecule has 150 valence electrons. The first kappa shape index (κ1) is 17.7. The normalized spacial score (nSPS) is 24.5. The van der Waals surface area contributed by atoms with Crippen LogP contribution in [0.2, 0.25) is 0 Å². The first-order valence-corrected chi connectivity index (χ1v) is 9.62. The number of anilines is 1. The van der Waals surface area contributed by atoms with Crippen molar-refractivity contribution in [3.05, 3.63) is 24.3 Å². The fraction of sp³-hybridized carbons (Fsp3) is 0.611. The second-order valence-corrected chi connectivity index (χ2v) is 7.70. The summed E-state index contributed by atoms with van der Waals surface area (Å²) in [5.41, 5.74) is -0.711. The van der Waals surface area contributed by atoms with E-state index in [1.54, 1.807) is 0 Å². The second-order valence-electron chi connectivity index (χ2n) is 7.70. The molecular formula is C18H21F3N6O. The Kier molecular flexibility index (Phi) is 4.01. The van der Waals surface area contributed by atoms with Crippen molar-refractivity contribution in [2.75, 3.05) is 37.6 Å². The fourth-order valence-electron chi connectivity index (χ4n) is 4.29. The molecule has 1 saturated carbocycles. The standard InChI is InChI=1S/C18H21F3N6O/c19-18(20,21)14-11-26-6-4-22-15(16(26)23-14)25-9-7-24(8-10-25)13-3-5-27(17(13)28)12-1-2-12/h4,6,11-13H,1-3,5,7-10H2. The number of imidazole rings is 1. The summed E-state index contributed by atoms with van der Waals surface area (Å²) in [6, 6.07) is 0.388. The lowest BCUT2D eigenvalue weighted by Crippen LogP contribution is -2.53. The van der Waals surface area contributed by atoms with Gasteiger partial charge < -0.3 is 14.2 Å². The van der Waals surface area contributed by atoms with Gasteiger partial charge in [0, 0.05) is 57.4 Å². The summed E-state index contributed by atoms with van der Waals surface area (Å²) in [6.07, 6.45) is 2.56. The number of rotatable bonds is 3. The van der Waals surface area contributed by atoms with Crippen LogP contribution < -0.4 is 4.90 Å². The van der Waals surface area contributed by atoms with Gasteiger partial charge in [-0.1, -0.05) is 0 Å². The number of likely N-dealkylation sites (tertiary alicyclic amines) is 1. The molecule has 2 aromatic heterocycles. The molecule has 3 fully saturated rings. The average molecular weight is 394 g/mol. The number of fused-ring (bicyclic) bond motifs is 1. The molecule has 2 saturated heterocycles. The SMILES string of the molecule is O=C1C(N2CCN(c3nccn4cc(C(F)(F)F)nc34)CC2)CCN1C1CC1. The van der Waals surface area contributed by atoms with Crippen molar-refractivity contribution in [3.8, 4) is 0 Å². The summed E-state index contributed by atoms with van der Waals surface area (Å²) < 4.78 is 40.4. The molecule has 0 radical (unpaired) electrons. The van der Waals surface area contributed by atoms with E-state index in [1.807, 2.05) is 9.80 Å². The zero-order valence-corrected chi connectivity index (χ0v) is 15.3. The molecule has 1 unspecified atom stereocenters. The number of amides is 1. The number of nitrogens with zero attached hydrogens (tertiary/aromatic N) is 6. The molecule has 2 aliphatic heterocycles. The molecule has 0 aromatic carbocycles. The average Bonchev–Trinajstić information content (AvgIpc) is 3.28. The molecule has 1 amide bonds. The van der Waals surface area contributed by atoms with E-state index in [2.05, 4.69) is 14.9 Å². The van der Waals surface area contributed by atoms with Gasteiger partial charge in [0.25, 0.3) is 0 Å². The van der Waals surface area contributed by atoms with Gasteiger partial charge in [-0.2, -0.15) is 13.2 Å². The third kappa shape index (κ3) is 2.99. The molecule has 1 aliphatic carbocycles. The lowest BCUT2D eigenvalue weighted by Gasteiger charge is -2.37. The lowest BCUT2D eigenvalue weighted by molar-refractivity contribution is -0.140. The number of hydrogen-bond donors (Lipinski definition) is 0. The van der Waals surface area contributed by atoms with Crippen molar-refractivity contribution < 1.29 is 18.0 Å². The minimum Gasteiger partial charge on any atom is -0.351 e. The number of carbonyl (C=O) groups is 1. The molecule has 3 aliphatic rings. The zero-order valence-electron chi connectivity index (χ0n) is 15.3. The molecule has 10 heteroatoms. The summed E-state index contributed by atoms with van der Waals surface area (Å²) in [7, 11) is 0. The first-order chi connectivity index (χ1) is 13.4. The smallest absolute Gasteiger partial charge is 0.351 e. The molecule has 5 rings (SSSR count). The van der Waals surface area contributed by atoms with Crippen LogP contribution in [0.1, 0.15) is 25.0 Å². The highest BCUT2D eigenvalue weighted by Crippen LogP contribution is 2.33. The molecule has 0 spiro atoms. The van der Waals surface area contributed by atoms with Crippen LogP contribution in [0, 0.1) is 0 Å². The number of aromatic nitrogens is 3. The Balaban J connectivity index is 1.30. The number of alkyl halides is 3. The lowest BCUT2D eigenvalue weighted by atomic mass is 10.2. The molecular weight excluding hydrogens is 373 g/mol. The molecule has 0 bridgehead atoms. The predicted octanol–water partition coefficient (Wildman–Crippen LogP) is 1.63. The van der Waals surface area contributed by atoms with Gasteiger partial charge in [0.05, 0.1) is 6.04 Å².